The number of carboxylic acid groups (broad SMARTS) is 1. The first-order chi connectivity index (χ1) is 10.8. The third-order valence-electron chi connectivity index (χ3n) is 3.85. The molecule has 1 atom stereocenters. The van der Waals surface area contributed by atoms with Crippen LogP contribution in [0.2, 0.25) is 0 Å². The van der Waals surface area contributed by atoms with Gasteiger partial charge in [-0.1, -0.05) is 0 Å². The smallest absolute Gasteiger partial charge is 0.389 e. The maximum Gasteiger partial charge on any atom is 0.389 e. The van der Waals surface area contributed by atoms with E-state index in [0.717, 1.165) is 6.42 Å². The first-order valence-electron chi connectivity index (χ1n) is 7.34. The second-order valence-corrected chi connectivity index (χ2v) is 5.60. The Labute approximate surface area is 130 Å². The first-order valence-corrected chi connectivity index (χ1v) is 7.34. The third-order valence-corrected chi connectivity index (χ3v) is 3.85. The molecule has 0 spiro atoms. The van der Waals surface area contributed by atoms with Gasteiger partial charge in [-0.15, -0.1) is 0 Å². The van der Waals surface area contributed by atoms with Crippen molar-refractivity contribution in [2.24, 2.45) is 0 Å². The molecule has 2 heterocycles. The fourth-order valence-corrected chi connectivity index (χ4v) is 2.80. The maximum atomic E-state index is 12.2. The lowest BCUT2D eigenvalue weighted by Gasteiger charge is -2.33. The number of hydrogen-bond acceptors (Lipinski definition) is 3. The van der Waals surface area contributed by atoms with Crippen molar-refractivity contribution in [3.8, 4) is 0 Å². The second kappa shape index (κ2) is 7.01. The Hall–Kier alpha value is -2.06. The number of alkyl halides is 3. The van der Waals surface area contributed by atoms with Crippen molar-refractivity contribution in [3.63, 3.8) is 0 Å². The standard InChI is InChI=1S/C14H18F3N3O3/c15-14(16,17)5-3-12(21)19-7-1-2-10(8-19)11-4-6-18-20(11)9-13(22)23/h4,6,10H,1-3,5,7-9H2,(H,22,23)/t10-/m0/s1. The normalized spacial score (nSPS) is 18.9. The molecule has 0 radical (unpaired) electrons. The molecule has 0 unspecified atom stereocenters. The molecule has 0 saturated carbocycles. The summed E-state index contributed by atoms with van der Waals surface area (Å²) in [5.41, 5.74) is 0.695. The van der Waals surface area contributed by atoms with Crippen molar-refractivity contribution >= 4 is 11.9 Å². The van der Waals surface area contributed by atoms with Crippen molar-refractivity contribution in [1.82, 2.24) is 14.7 Å². The summed E-state index contributed by atoms with van der Waals surface area (Å²) >= 11 is 0. The zero-order valence-electron chi connectivity index (χ0n) is 12.4. The van der Waals surface area contributed by atoms with Crippen LogP contribution < -0.4 is 0 Å². The number of likely N-dealkylation sites (tertiary alicyclic amines) is 1. The van der Waals surface area contributed by atoms with Gasteiger partial charge in [0.25, 0.3) is 0 Å². The Balaban J connectivity index is 1.99. The van der Waals surface area contributed by atoms with Crippen LogP contribution in [0.15, 0.2) is 12.3 Å². The van der Waals surface area contributed by atoms with Gasteiger partial charge in [-0.2, -0.15) is 18.3 Å². The number of amides is 1. The number of carbonyl (C=O) groups excluding carboxylic acids is 1. The number of carboxylic acids is 1. The largest absolute Gasteiger partial charge is 0.480 e. The molecule has 128 valence electrons. The van der Waals surface area contributed by atoms with Crippen LogP contribution in [-0.2, 0) is 16.1 Å². The van der Waals surface area contributed by atoms with Crippen molar-refractivity contribution in [1.29, 1.82) is 0 Å². The maximum absolute atomic E-state index is 12.2. The number of nitrogens with zero attached hydrogens (tertiary/aromatic N) is 3. The topological polar surface area (TPSA) is 75.4 Å². The molecular weight excluding hydrogens is 315 g/mol. The van der Waals surface area contributed by atoms with Crippen LogP contribution in [-0.4, -0.2) is 50.9 Å². The predicted octanol–water partition coefficient (Wildman–Crippen LogP) is 2.02. The Kier molecular flexibility index (Phi) is 5.27. The van der Waals surface area contributed by atoms with Gasteiger partial charge < -0.3 is 10.0 Å². The molecule has 1 saturated heterocycles. The van der Waals surface area contributed by atoms with Gasteiger partial charge in [-0.3, -0.25) is 14.3 Å². The van der Waals surface area contributed by atoms with Crippen molar-refractivity contribution in [3.05, 3.63) is 18.0 Å². The summed E-state index contributed by atoms with van der Waals surface area (Å²) in [5.74, 6) is -1.65. The average Bonchev–Trinajstić information content (AvgIpc) is 2.91. The van der Waals surface area contributed by atoms with Gasteiger partial charge in [0.05, 0.1) is 6.42 Å². The van der Waals surface area contributed by atoms with E-state index < -0.39 is 30.9 Å². The van der Waals surface area contributed by atoms with Gasteiger partial charge in [0, 0.05) is 37.3 Å². The van der Waals surface area contributed by atoms with Crippen molar-refractivity contribution < 1.29 is 27.9 Å². The Bertz CT molecular complexity index is 571. The van der Waals surface area contributed by atoms with E-state index in [9.17, 15) is 22.8 Å². The zero-order valence-corrected chi connectivity index (χ0v) is 12.4. The Morgan fingerprint density at radius 2 is 2.13 bits per heavy atom. The minimum atomic E-state index is -4.34. The first kappa shape index (κ1) is 17.3. The van der Waals surface area contributed by atoms with Gasteiger partial charge in [0.1, 0.15) is 6.54 Å². The highest BCUT2D eigenvalue weighted by molar-refractivity contribution is 5.76. The van der Waals surface area contributed by atoms with Crippen LogP contribution in [0, 0.1) is 0 Å². The Morgan fingerprint density at radius 3 is 2.78 bits per heavy atom. The number of hydrogen-bond donors (Lipinski definition) is 1. The molecule has 0 aromatic carbocycles. The second-order valence-electron chi connectivity index (χ2n) is 5.60. The highest BCUT2D eigenvalue weighted by Gasteiger charge is 2.31. The molecule has 23 heavy (non-hydrogen) atoms. The zero-order chi connectivity index (χ0) is 17.0. The molecule has 1 N–H and O–H groups in total. The molecule has 0 bridgehead atoms. The summed E-state index contributed by atoms with van der Waals surface area (Å²) in [7, 11) is 0. The monoisotopic (exact) mass is 333 g/mol. The van der Waals surface area contributed by atoms with Crippen LogP contribution in [0.5, 0.6) is 0 Å². The van der Waals surface area contributed by atoms with E-state index in [1.54, 1.807) is 6.07 Å². The number of carbonyl (C=O) groups is 2. The van der Waals surface area contributed by atoms with E-state index >= 15 is 0 Å². The fraction of sp³-hybridized carbons (Fsp3) is 0.643. The highest BCUT2D eigenvalue weighted by atomic mass is 19.4. The molecule has 1 aliphatic heterocycles. The van der Waals surface area contributed by atoms with E-state index in [4.69, 9.17) is 5.11 Å². The van der Waals surface area contributed by atoms with Crippen molar-refractivity contribution in [2.75, 3.05) is 13.1 Å². The van der Waals surface area contributed by atoms with Crippen LogP contribution in [0.1, 0.15) is 37.3 Å². The molecule has 1 amide bonds. The van der Waals surface area contributed by atoms with Gasteiger partial charge >= 0.3 is 12.1 Å². The summed E-state index contributed by atoms with van der Waals surface area (Å²) in [6.07, 6.45) is -3.11. The summed E-state index contributed by atoms with van der Waals surface area (Å²) in [4.78, 5) is 24.2. The molecule has 6 nitrogen and oxygen atoms in total. The van der Waals surface area contributed by atoms with Gasteiger partial charge in [0.15, 0.2) is 0 Å². The summed E-state index contributed by atoms with van der Waals surface area (Å²) in [6.45, 7) is 0.448. The lowest BCUT2D eigenvalue weighted by atomic mass is 9.94. The average molecular weight is 333 g/mol. The minimum absolute atomic E-state index is 0.111. The molecule has 1 aromatic heterocycles. The minimum Gasteiger partial charge on any atom is -0.480 e. The van der Waals surface area contributed by atoms with E-state index in [1.807, 2.05) is 0 Å². The van der Waals surface area contributed by atoms with Crippen LogP contribution >= 0.6 is 0 Å². The van der Waals surface area contributed by atoms with Gasteiger partial charge in [-0.25, -0.2) is 0 Å². The number of halogens is 3. The van der Waals surface area contributed by atoms with E-state index in [2.05, 4.69) is 5.10 Å². The molecular formula is C14H18F3N3O3. The van der Waals surface area contributed by atoms with Crippen LogP contribution in [0.4, 0.5) is 13.2 Å². The van der Waals surface area contributed by atoms with E-state index in [0.29, 0.717) is 25.2 Å². The van der Waals surface area contributed by atoms with Crippen LogP contribution in [0.25, 0.3) is 0 Å². The summed E-state index contributed by atoms with van der Waals surface area (Å²) in [5, 5.41) is 12.8. The summed E-state index contributed by atoms with van der Waals surface area (Å²) in [6, 6.07) is 1.69. The SMILES string of the molecule is O=C(O)Cn1nccc1[C@H]1CCCN(C(=O)CCC(F)(F)F)C1. The third kappa shape index (κ3) is 4.97. The molecule has 0 aliphatic carbocycles. The van der Waals surface area contributed by atoms with Gasteiger partial charge in [-0.05, 0) is 18.9 Å². The highest BCUT2D eigenvalue weighted by Crippen LogP contribution is 2.28. The van der Waals surface area contributed by atoms with Gasteiger partial charge in [0.2, 0.25) is 5.91 Å². The van der Waals surface area contributed by atoms with E-state index in [1.165, 1.54) is 15.8 Å². The number of rotatable bonds is 5. The molecule has 2 rings (SSSR count). The molecule has 1 aliphatic rings. The lowest BCUT2D eigenvalue weighted by molar-refractivity contribution is -0.149. The molecule has 9 heteroatoms. The number of aromatic nitrogens is 2. The summed E-state index contributed by atoms with van der Waals surface area (Å²) < 4.78 is 38.0. The van der Waals surface area contributed by atoms with Crippen molar-refractivity contribution in [2.45, 2.75) is 44.3 Å². The van der Waals surface area contributed by atoms with E-state index in [-0.39, 0.29) is 12.5 Å². The van der Waals surface area contributed by atoms with Crippen LogP contribution in [0.3, 0.4) is 0 Å². The predicted molar refractivity (Wildman–Crippen MR) is 73.7 cm³/mol. The number of aliphatic carboxylic acids is 1. The fourth-order valence-electron chi connectivity index (χ4n) is 2.80. The molecule has 1 fully saturated rings. The lowest BCUT2D eigenvalue weighted by Crippen LogP contribution is -2.40. The Morgan fingerprint density at radius 1 is 1.39 bits per heavy atom. The molecule has 1 aromatic rings. The quantitative estimate of drug-likeness (QED) is 0.894. The number of piperidine rings is 1.